The molecule has 3 heterocycles. The summed E-state index contributed by atoms with van der Waals surface area (Å²) in [6.07, 6.45) is 2.28. The van der Waals surface area contributed by atoms with E-state index in [0.29, 0.717) is 22.9 Å². The number of nitrogens with zero attached hydrogens (tertiary/aromatic N) is 1. The van der Waals surface area contributed by atoms with Crippen LogP contribution < -0.4 is 10.2 Å². The van der Waals surface area contributed by atoms with Gasteiger partial charge in [-0.25, -0.2) is 0 Å². The van der Waals surface area contributed by atoms with Crippen molar-refractivity contribution in [2.45, 2.75) is 6.42 Å². The first-order chi connectivity index (χ1) is 11.7. The number of carbonyl (C=O) groups excluding carboxylic acids is 2. The van der Waals surface area contributed by atoms with E-state index in [9.17, 15) is 9.59 Å². The van der Waals surface area contributed by atoms with Crippen LogP contribution in [0.1, 0.15) is 25.8 Å². The predicted molar refractivity (Wildman–Crippen MR) is 92.8 cm³/mol. The van der Waals surface area contributed by atoms with Crippen LogP contribution in [0.5, 0.6) is 0 Å². The summed E-state index contributed by atoms with van der Waals surface area (Å²) >= 11 is 1.39. The van der Waals surface area contributed by atoms with Gasteiger partial charge in [0.1, 0.15) is 0 Å². The van der Waals surface area contributed by atoms with E-state index in [-0.39, 0.29) is 11.8 Å². The molecule has 2 amide bonds. The molecule has 1 aliphatic rings. The van der Waals surface area contributed by atoms with Gasteiger partial charge in [0, 0.05) is 17.9 Å². The van der Waals surface area contributed by atoms with Crippen LogP contribution in [0.4, 0.5) is 11.4 Å². The number of furan rings is 1. The molecule has 1 aromatic carbocycles. The van der Waals surface area contributed by atoms with Crippen molar-refractivity contribution in [3.8, 4) is 0 Å². The number of amides is 2. The maximum atomic E-state index is 12.5. The molecule has 2 aromatic heterocycles. The summed E-state index contributed by atoms with van der Waals surface area (Å²) in [5, 5.41) is 4.74. The molecule has 1 aliphatic heterocycles. The third-order valence-electron chi connectivity index (χ3n) is 3.96. The molecule has 0 unspecified atom stereocenters. The van der Waals surface area contributed by atoms with Crippen molar-refractivity contribution in [3.63, 3.8) is 0 Å². The quantitative estimate of drug-likeness (QED) is 0.790. The highest BCUT2D eigenvalue weighted by atomic mass is 32.1. The van der Waals surface area contributed by atoms with Crippen molar-refractivity contribution in [1.82, 2.24) is 0 Å². The van der Waals surface area contributed by atoms with E-state index < -0.39 is 0 Å². The number of hydrogen-bond donors (Lipinski definition) is 1. The Morgan fingerprint density at radius 3 is 2.83 bits per heavy atom. The minimum atomic E-state index is -0.166. The third-order valence-corrected chi connectivity index (χ3v) is 4.83. The molecule has 1 N–H and O–H groups in total. The number of nitrogens with one attached hydrogen (secondary N) is 1. The molecule has 120 valence electrons. The van der Waals surface area contributed by atoms with Gasteiger partial charge < -0.3 is 14.6 Å². The predicted octanol–water partition coefficient (Wildman–Crippen LogP) is 3.80. The second-order valence-corrected chi connectivity index (χ2v) is 6.41. The number of anilines is 2. The molecule has 5 nitrogen and oxygen atoms in total. The molecule has 0 fully saturated rings. The molecule has 0 atom stereocenters. The van der Waals surface area contributed by atoms with Crippen molar-refractivity contribution in [2.75, 3.05) is 16.8 Å². The van der Waals surface area contributed by atoms with Gasteiger partial charge in [0.25, 0.3) is 11.8 Å². The summed E-state index contributed by atoms with van der Waals surface area (Å²) in [5.74, 6) is 0.00298. The Morgan fingerprint density at radius 2 is 2.08 bits per heavy atom. The Balaban J connectivity index is 1.59. The lowest BCUT2D eigenvalue weighted by Gasteiger charge is -2.16. The molecule has 0 saturated carbocycles. The van der Waals surface area contributed by atoms with Crippen molar-refractivity contribution < 1.29 is 14.0 Å². The zero-order valence-corrected chi connectivity index (χ0v) is 13.5. The fourth-order valence-corrected chi connectivity index (χ4v) is 3.42. The highest BCUT2D eigenvalue weighted by molar-refractivity contribution is 7.12. The van der Waals surface area contributed by atoms with Crippen LogP contribution in [0.15, 0.2) is 58.5 Å². The first-order valence-electron chi connectivity index (χ1n) is 7.55. The summed E-state index contributed by atoms with van der Waals surface area (Å²) in [6, 6.07) is 12.6. The number of benzene rings is 1. The zero-order chi connectivity index (χ0) is 16.5. The van der Waals surface area contributed by atoms with Gasteiger partial charge in [0.05, 0.1) is 11.1 Å². The standard InChI is InChI=1S/C18H14N2O3S/c21-17(16-4-2-10-24-16)19-13-6-5-12-7-8-20(14(12)11-13)18(22)15-3-1-9-23-15/h1-6,9-11H,7-8H2,(H,19,21). The van der Waals surface area contributed by atoms with E-state index in [1.807, 2.05) is 29.6 Å². The average Bonchev–Trinajstić information content (AvgIpc) is 3.33. The molecule has 0 saturated heterocycles. The lowest BCUT2D eigenvalue weighted by Crippen LogP contribution is -2.28. The van der Waals surface area contributed by atoms with Crippen LogP contribution in [-0.4, -0.2) is 18.4 Å². The second-order valence-electron chi connectivity index (χ2n) is 5.46. The van der Waals surface area contributed by atoms with E-state index >= 15 is 0 Å². The number of fused-ring (bicyclic) bond motifs is 1. The molecule has 0 aliphatic carbocycles. The topological polar surface area (TPSA) is 62.6 Å². The average molecular weight is 338 g/mol. The molecule has 4 rings (SSSR count). The lowest BCUT2D eigenvalue weighted by molar-refractivity contribution is 0.0962. The summed E-state index contributed by atoms with van der Waals surface area (Å²) in [6.45, 7) is 0.608. The molecular formula is C18H14N2O3S. The number of rotatable bonds is 3. The largest absolute Gasteiger partial charge is 0.459 e. The van der Waals surface area contributed by atoms with Gasteiger partial charge >= 0.3 is 0 Å². The van der Waals surface area contributed by atoms with Gasteiger partial charge in [0.2, 0.25) is 0 Å². The monoisotopic (exact) mass is 338 g/mol. The fourth-order valence-electron chi connectivity index (χ4n) is 2.80. The summed E-state index contributed by atoms with van der Waals surface area (Å²) in [4.78, 5) is 27.1. The first kappa shape index (κ1) is 14.7. The Kier molecular flexibility index (Phi) is 3.66. The Bertz CT molecular complexity index is 885. The molecule has 0 bridgehead atoms. The fraction of sp³-hybridized carbons (Fsp3) is 0.111. The van der Waals surface area contributed by atoms with E-state index in [1.54, 1.807) is 23.1 Å². The van der Waals surface area contributed by atoms with Crippen molar-refractivity contribution in [2.24, 2.45) is 0 Å². The third kappa shape index (κ3) is 2.61. The lowest BCUT2D eigenvalue weighted by atomic mass is 10.1. The molecule has 24 heavy (non-hydrogen) atoms. The van der Waals surface area contributed by atoms with Crippen LogP contribution in [0, 0.1) is 0 Å². The van der Waals surface area contributed by atoms with E-state index in [1.165, 1.54) is 17.6 Å². The highest BCUT2D eigenvalue weighted by Crippen LogP contribution is 2.32. The summed E-state index contributed by atoms with van der Waals surface area (Å²) in [5.41, 5.74) is 2.58. The van der Waals surface area contributed by atoms with E-state index in [4.69, 9.17) is 4.42 Å². The van der Waals surface area contributed by atoms with Crippen LogP contribution in [-0.2, 0) is 6.42 Å². The Hall–Kier alpha value is -2.86. The van der Waals surface area contributed by atoms with Crippen LogP contribution >= 0.6 is 11.3 Å². The van der Waals surface area contributed by atoms with Crippen molar-refractivity contribution in [1.29, 1.82) is 0 Å². The molecule has 0 spiro atoms. The SMILES string of the molecule is O=C(Nc1ccc2c(c1)N(C(=O)c1ccco1)CC2)c1cccs1. The first-order valence-corrected chi connectivity index (χ1v) is 8.43. The smallest absolute Gasteiger partial charge is 0.293 e. The minimum absolute atomic E-state index is 0.146. The van der Waals surface area contributed by atoms with Crippen molar-refractivity contribution >= 4 is 34.5 Å². The van der Waals surface area contributed by atoms with E-state index in [0.717, 1.165) is 17.7 Å². The van der Waals surface area contributed by atoms with Gasteiger partial charge in [-0.15, -0.1) is 11.3 Å². The molecular weight excluding hydrogens is 324 g/mol. The van der Waals surface area contributed by atoms with Gasteiger partial charge in [-0.2, -0.15) is 0 Å². The normalized spacial score (nSPS) is 12.9. The van der Waals surface area contributed by atoms with Gasteiger partial charge in [0.15, 0.2) is 5.76 Å². The molecule has 6 heteroatoms. The van der Waals surface area contributed by atoms with E-state index in [2.05, 4.69) is 5.32 Å². The van der Waals surface area contributed by atoms with Crippen LogP contribution in [0.25, 0.3) is 0 Å². The maximum absolute atomic E-state index is 12.5. The Morgan fingerprint density at radius 1 is 1.17 bits per heavy atom. The second kappa shape index (κ2) is 5.98. The van der Waals surface area contributed by atoms with Gasteiger partial charge in [-0.1, -0.05) is 12.1 Å². The van der Waals surface area contributed by atoms with Crippen LogP contribution in [0.2, 0.25) is 0 Å². The van der Waals surface area contributed by atoms with Crippen molar-refractivity contribution in [3.05, 3.63) is 70.3 Å². The zero-order valence-electron chi connectivity index (χ0n) is 12.7. The summed E-state index contributed by atoms with van der Waals surface area (Å²) < 4.78 is 5.21. The Labute approximate surface area is 142 Å². The number of carbonyl (C=O) groups is 2. The van der Waals surface area contributed by atoms with Gasteiger partial charge in [-0.05, 0) is 47.7 Å². The molecule has 0 radical (unpaired) electrons. The minimum Gasteiger partial charge on any atom is -0.459 e. The maximum Gasteiger partial charge on any atom is 0.293 e. The number of hydrogen-bond acceptors (Lipinski definition) is 4. The summed E-state index contributed by atoms with van der Waals surface area (Å²) in [7, 11) is 0. The number of thiophene rings is 1. The highest BCUT2D eigenvalue weighted by Gasteiger charge is 2.27. The molecule has 3 aromatic rings. The van der Waals surface area contributed by atoms with Gasteiger partial charge in [-0.3, -0.25) is 9.59 Å². The van der Waals surface area contributed by atoms with Crippen LogP contribution in [0.3, 0.4) is 0 Å².